The number of aromatic nitrogens is 1. The number of thiazole rings is 1. The van der Waals surface area contributed by atoms with Crippen LogP contribution in [0.25, 0.3) is 10.2 Å². The van der Waals surface area contributed by atoms with Crippen LogP contribution < -0.4 is 11.1 Å². The van der Waals surface area contributed by atoms with Gasteiger partial charge in [0.15, 0.2) is 0 Å². The van der Waals surface area contributed by atoms with Crippen LogP contribution in [0.5, 0.6) is 0 Å². The summed E-state index contributed by atoms with van der Waals surface area (Å²) in [6.45, 7) is 0.943. The van der Waals surface area contributed by atoms with E-state index in [4.69, 9.17) is 5.73 Å². The predicted octanol–water partition coefficient (Wildman–Crippen LogP) is 2.04. The van der Waals surface area contributed by atoms with E-state index in [9.17, 15) is 4.79 Å². The van der Waals surface area contributed by atoms with Crippen LogP contribution in [-0.2, 0) is 11.3 Å². The van der Waals surface area contributed by atoms with Crippen LogP contribution in [-0.4, -0.2) is 17.4 Å². The Morgan fingerprint density at radius 1 is 1.42 bits per heavy atom. The molecule has 0 bridgehead atoms. The molecule has 0 spiro atoms. The first kappa shape index (κ1) is 12.6. The number of carbonyl (C=O) groups is 1. The summed E-state index contributed by atoms with van der Waals surface area (Å²) in [6, 6.07) is 8.01. The van der Waals surface area contributed by atoms with Crippen LogP contribution in [0.4, 0.5) is 0 Å². The second-order valence-electron chi connectivity index (χ2n) is 5.10. The zero-order chi connectivity index (χ0) is 13.3. The molecule has 3 rings (SSSR count). The lowest BCUT2D eigenvalue weighted by molar-refractivity contribution is -0.135. The number of amides is 1. The fraction of sp³-hybridized carbons (Fsp3) is 0.429. The fourth-order valence-corrected chi connectivity index (χ4v) is 3.37. The van der Waals surface area contributed by atoms with E-state index in [1.807, 2.05) is 24.3 Å². The Labute approximate surface area is 116 Å². The molecule has 3 N–H and O–H groups in total. The molecule has 1 aliphatic carbocycles. The minimum Gasteiger partial charge on any atom is -0.349 e. The number of para-hydroxylation sites is 1. The zero-order valence-electron chi connectivity index (χ0n) is 10.7. The molecule has 1 aromatic carbocycles. The molecule has 5 heteroatoms. The lowest BCUT2D eigenvalue weighted by atomic mass is 9.68. The van der Waals surface area contributed by atoms with Crippen LogP contribution in [0, 0.1) is 5.41 Å². The van der Waals surface area contributed by atoms with Gasteiger partial charge in [0, 0.05) is 6.54 Å². The first-order valence-electron chi connectivity index (χ1n) is 6.56. The summed E-state index contributed by atoms with van der Waals surface area (Å²) in [5.74, 6) is 0.0838. The molecular weight excluding hydrogens is 258 g/mol. The Kier molecular flexibility index (Phi) is 3.24. The molecule has 4 nitrogen and oxygen atoms in total. The van der Waals surface area contributed by atoms with E-state index < -0.39 is 0 Å². The van der Waals surface area contributed by atoms with Crippen LogP contribution in [0.2, 0.25) is 0 Å². The number of hydrogen-bond acceptors (Lipinski definition) is 4. The minimum absolute atomic E-state index is 0.0838. The highest BCUT2D eigenvalue weighted by atomic mass is 32.1. The molecule has 0 aliphatic heterocycles. The summed E-state index contributed by atoms with van der Waals surface area (Å²) in [4.78, 5) is 16.7. The number of hydrogen-bond donors (Lipinski definition) is 2. The maximum absolute atomic E-state index is 12.2. The summed E-state index contributed by atoms with van der Waals surface area (Å²) in [5, 5.41) is 3.93. The van der Waals surface area contributed by atoms with Crippen LogP contribution in [0.1, 0.15) is 24.3 Å². The third-order valence-corrected chi connectivity index (χ3v) is 4.96. The van der Waals surface area contributed by atoms with Gasteiger partial charge in [0.05, 0.1) is 22.2 Å². The maximum Gasteiger partial charge on any atom is 0.227 e. The minimum atomic E-state index is -0.309. The molecule has 1 aliphatic rings. The maximum atomic E-state index is 12.2. The summed E-state index contributed by atoms with van der Waals surface area (Å²) in [5.41, 5.74) is 6.41. The topological polar surface area (TPSA) is 68.0 Å². The van der Waals surface area contributed by atoms with Gasteiger partial charge < -0.3 is 11.1 Å². The van der Waals surface area contributed by atoms with Crippen molar-refractivity contribution in [2.75, 3.05) is 6.54 Å². The van der Waals surface area contributed by atoms with Gasteiger partial charge in [-0.05, 0) is 25.0 Å². The van der Waals surface area contributed by atoms with E-state index in [2.05, 4.69) is 10.3 Å². The Bertz CT molecular complexity index is 565. The molecule has 1 fully saturated rings. The molecule has 0 saturated heterocycles. The van der Waals surface area contributed by atoms with E-state index >= 15 is 0 Å². The average molecular weight is 275 g/mol. The standard InChI is InChI=1S/C14H17N3OS/c15-9-14(6-3-7-14)13(18)16-8-12-17-10-4-1-2-5-11(10)19-12/h1-2,4-5H,3,6-9,15H2,(H,16,18). The highest BCUT2D eigenvalue weighted by Gasteiger charge is 2.42. The van der Waals surface area contributed by atoms with Gasteiger partial charge in [-0.3, -0.25) is 4.79 Å². The van der Waals surface area contributed by atoms with Crippen molar-refractivity contribution in [1.29, 1.82) is 0 Å². The van der Waals surface area contributed by atoms with Gasteiger partial charge in [0.2, 0.25) is 5.91 Å². The van der Waals surface area contributed by atoms with Crippen molar-refractivity contribution in [3.63, 3.8) is 0 Å². The van der Waals surface area contributed by atoms with Gasteiger partial charge in [0.25, 0.3) is 0 Å². The molecular formula is C14H17N3OS. The van der Waals surface area contributed by atoms with Crippen molar-refractivity contribution in [3.05, 3.63) is 29.3 Å². The molecule has 100 valence electrons. The number of rotatable bonds is 4. The third kappa shape index (κ3) is 2.24. The smallest absolute Gasteiger partial charge is 0.227 e. The Hall–Kier alpha value is -1.46. The molecule has 0 atom stereocenters. The van der Waals surface area contributed by atoms with Crippen molar-refractivity contribution in [3.8, 4) is 0 Å². The Balaban J connectivity index is 1.67. The quantitative estimate of drug-likeness (QED) is 0.897. The lowest BCUT2D eigenvalue weighted by Gasteiger charge is -2.38. The molecule has 1 saturated carbocycles. The van der Waals surface area contributed by atoms with E-state index in [-0.39, 0.29) is 11.3 Å². The van der Waals surface area contributed by atoms with Crippen molar-refractivity contribution in [1.82, 2.24) is 10.3 Å². The van der Waals surface area contributed by atoms with Crippen molar-refractivity contribution >= 4 is 27.5 Å². The van der Waals surface area contributed by atoms with Crippen LogP contribution >= 0.6 is 11.3 Å². The zero-order valence-corrected chi connectivity index (χ0v) is 11.5. The first-order valence-corrected chi connectivity index (χ1v) is 7.38. The molecule has 1 amide bonds. The van der Waals surface area contributed by atoms with Gasteiger partial charge in [-0.2, -0.15) is 0 Å². The van der Waals surface area contributed by atoms with Crippen LogP contribution in [0.3, 0.4) is 0 Å². The van der Waals surface area contributed by atoms with Gasteiger partial charge in [-0.1, -0.05) is 18.6 Å². The van der Waals surface area contributed by atoms with Crippen molar-refractivity contribution in [2.45, 2.75) is 25.8 Å². The number of fused-ring (bicyclic) bond motifs is 1. The number of nitrogens with zero attached hydrogens (tertiary/aromatic N) is 1. The normalized spacial score (nSPS) is 17.1. The third-order valence-electron chi connectivity index (χ3n) is 3.92. The van der Waals surface area contributed by atoms with E-state index in [0.29, 0.717) is 13.1 Å². The largest absolute Gasteiger partial charge is 0.349 e. The summed E-state index contributed by atoms with van der Waals surface area (Å²) < 4.78 is 1.16. The van der Waals surface area contributed by atoms with E-state index in [1.54, 1.807) is 11.3 Å². The molecule has 19 heavy (non-hydrogen) atoms. The number of benzene rings is 1. The summed E-state index contributed by atoms with van der Waals surface area (Å²) in [7, 11) is 0. The summed E-state index contributed by atoms with van der Waals surface area (Å²) in [6.07, 6.45) is 2.93. The SMILES string of the molecule is NCC1(C(=O)NCc2nc3ccccc3s2)CCC1. The van der Waals surface area contributed by atoms with E-state index in [1.165, 1.54) is 0 Å². The number of carbonyl (C=O) groups excluding carboxylic acids is 1. The fourth-order valence-electron chi connectivity index (χ4n) is 2.47. The van der Waals surface area contributed by atoms with Gasteiger partial charge in [0.1, 0.15) is 5.01 Å². The molecule has 0 unspecified atom stereocenters. The van der Waals surface area contributed by atoms with Gasteiger partial charge in [-0.25, -0.2) is 4.98 Å². The number of nitrogens with two attached hydrogens (primary N) is 1. The first-order chi connectivity index (χ1) is 9.23. The molecule has 1 heterocycles. The predicted molar refractivity (Wildman–Crippen MR) is 76.8 cm³/mol. The second kappa shape index (κ2) is 4.90. The van der Waals surface area contributed by atoms with Gasteiger partial charge in [-0.15, -0.1) is 11.3 Å². The Morgan fingerprint density at radius 3 is 2.84 bits per heavy atom. The highest BCUT2D eigenvalue weighted by molar-refractivity contribution is 7.18. The number of nitrogens with one attached hydrogen (secondary N) is 1. The Morgan fingerprint density at radius 2 is 2.21 bits per heavy atom. The second-order valence-corrected chi connectivity index (χ2v) is 6.21. The van der Waals surface area contributed by atoms with E-state index in [0.717, 1.165) is 34.5 Å². The average Bonchev–Trinajstić information content (AvgIpc) is 2.78. The summed E-state index contributed by atoms with van der Waals surface area (Å²) >= 11 is 1.63. The highest BCUT2D eigenvalue weighted by Crippen LogP contribution is 2.40. The molecule has 2 aromatic rings. The lowest BCUT2D eigenvalue weighted by Crippen LogP contribution is -2.50. The molecule has 0 radical (unpaired) electrons. The monoisotopic (exact) mass is 275 g/mol. The van der Waals surface area contributed by atoms with Crippen molar-refractivity contribution < 1.29 is 4.79 Å². The van der Waals surface area contributed by atoms with Crippen molar-refractivity contribution in [2.24, 2.45) is 11.1 Å². The molecule has 1 aromatic heterocycles. The van der Waals surface area contributed by atoms with Gasteiger partial charge >= 0.3 is 0 Å². The van der Waals surface area contributed by atoms with Crippen LogP contribution in [0.15, 0.2) is 24.3 Å².